The third-order valence-electron chi connectivity index (χ3n) is 4.95. The monoisotopic (exact) mass is 400 g/mol. The van der Waals surface area contributed by atoms with Gasteiger partial charge in [-0.25, -0.2) is 4.79 Å². The highest BCUT2D eigenvalue weighted by atomic mass is 16.5. The summed E-state index contributed by atoms with van der Waals surface area (Å²) < 4.78 is 5.43. The van der Waals surface area contributed by atoms with Gasteiger partial charge in [0.05, 0.1) is 12.1 Å². The number of esters is 1. The molecule has 0 spiro atoms. The van der Waals surface area contributed by atoms with Crippen LogP contribution < -0.4 is 15.0 Å². The van der Waals surface area contributed by atoms with E-state index in [9.17, 15) is 14.4 Å². The molecule has 0 radical (unpaired) electrons. The molecule has 2 amide bonds. The molecule has 0 saturated carbocycles. The molecule has 3 aromatic rings. The molecular weight excluding hydrogens is 380 g/mol. The van der Waals surface area contributed by atoms with Crippen LogP contribution in [0.1, 0.15) is 22.3 Å². The van der Waals surface area contributed by atoms with Crippen LogP contribution in [-0.4, -0.2) is 23.8 Å². The lowest BCUT2D eigenvalue weighted by Gasteiger charge is -2.35. The summed E-state index contributed by atoms with van der Waals surface area (Å²) in [5.74, 6) is -1.08. The molecule has 4 rings (SSSR count). The molecule has 3 aromatic carbocycles. The maximum atomic E-state index is 13.5. The number of ether oxygens (including phenoxy) is 1. The number of hydrogen-bond acceptors (Lipinski definition) is 4. The quantitative estimate of drug-likeness (QED) is 0.531. The van der Waals surface area contributed by atoms with Gasteiger partial charge in [-0.15, -0.1) is 0 Å². The topological polar surface area (TPSA) is 75.7 Å². The molecule has 0 aromatic heterocycles. The third kappa shape index (κ3) is 3.80. The minimum absolute atomic E-state index is 0.223. The Kier molecular flexibility index (Phi) is 5.30. The SMILES string of the molecule is Cc1ccccc1C(=O)N1c2ccccc2OC(=O)[C@H]1CC(=O)Nc1ccccc1. The number of carbonyl (C=O) groups is 3. The van der Waals surface area contributed by atoms with Gasteiger partial charge >= 0.3 is 5.97 Å². The second-order valence-corrected chi connectivity index (χ2v) is 7.01. The smallest absolute Gasteiger partial charge is 0.335 e. The number of anilines is 2. The van der Waals surface area contributed by atoms with E-state index in [0.29, 0.717) is 22.7 Å². The lowest BCUT2D eigenvalue weighted by atomic mass is 10.0. The van der Waals surface area contributed by atoms with Crippen LogP contribution in [0.2, 0.25) is 0 Å². The van der Waals surface area contributed by atoms with Crippen molar-refractivity contribution in [2.24, 2.45) is 0 Å². The van der Waals surface area contributed by atoms with Crippen molar-refractivity contribution in [2.45, 2.75) is 19.4 Å². The number of rotatable bonds is 4. The Morgan fingerprint density at radius 3 is 2.37 bits per heavy atom. The zero-order valence-corrected chi connectivity index (χ0v) is 16.4. The van der Waals surface area contributed by atoms with Crippen molar-refractivity contribution in [1.82, 2.24) is 0 Å². The van der Waals surface area contributed by atoms with Gasteiger partial charge < -0.3 is 10.1 Å². The first-order chi connectivity index (χ1) is 14.5. The van der Waals surface area contributed by atoms with E-state index in [0.717, 1.165) is 5.56 Å². The summed E-state index contributed by atoms with van der Waals surface area (Å²) in [7, 11) is 0. The number of hydrogen-bond donors (Lipinski definition) is 1. The highest BCUT2D eigenvalue weighted by Gasteiger charge is 2.40. The Morgan fingerprint density at radius 2 is 1.60 bits per heavy atom. The first kappa shape index (κ1) is 19.4. The lowest BCUT2D eigenvalue weighted by Crippen LogP contribution is -2.51. The molecule has 0 aliphatic carbocycles. The van der Waals surface area contributed by atoms with Gasteiger partial charge in [0.2, 0.25) is 5.91 Å². The van der Waals surface area contributed by atoms with E-state index in [-0.39, 0.29) is 18.2 Å². The lowest BCUT2D eigenvalue weighted by molar-refractivity contribution is -0.138. The first-order valence-corrected chi connectivity index (χ1v) is 9.59. The fourth-order valence-corrected chi connectivity index (χ4v) is 3.47. The Morgan fingerprint density at radius 1 is 0.933 bits per heavy atom. The molecule has 150 valence electrons. The van der Waals surface area contributed by atoms with E-state index in [4.69, 9.17) is 4.74 Å². The molecule has 30 heavy (non-hydrogen) atoms. The summed E-state index contributed by atoms with van der Waals surface area (Å²) in [5.41, 5.74) is 2.33. The van der Waals surface area contributed by atoms with E-state index < -0.39 is 12.0 Å². The molecular formula is C24H20N2O4. The summed E-state index contributed by atoms with van der Waals surface area (Å²) in [6.45, 7) is 1.83. The number of amides is 2. The average molecular weight is 400 g/mol. The number of para-hydroxylation sites is 3. The van der Waals surface area contributed by atoms with Crippen LogP contribution in [0.5, 0.6) is 5.75 Å². The highest BCUT2D eigenvalue weighted by molar-refractivity contribution is 6.13. The van der Waals surface area contributed by atoms with Gasteiger partial charge in [0.25, 0.3) is 5.91 Å². The zero-order chi connectivity index (χ0) is 21.1. The number of benzene rings is 3. The fraction of sp³-hybridized carbons (Fsp3) is 0.125. The number of nitrogens with one attached hydrogen (secondary N) is 1. The number of fused-ring (bicyclic) bond motifs is 1. The summed E-state index contributed by atoms with van der Waals surface area (Å²) in [6, 6.07) is 21.9. The van der Waals surface area contributed by atoms with Crippen LogP contribution in [0.3, 0.4) is 0 Å². The normalized spacial score (nSPS) is 15.2. The highest BCUT2D eigenvalue weighted by Crippen LogP contribution is 2.36. The summed E-state index contributed by atoms with van der Waals surface area (Å²) in [6.07, 6.45) is -0.223. The molecule has 6 heteroatoms. The van der Waals surface area contributed by atoms with E-state index in [1.165, 1.54) is 4.90 Å². The Hall–Kier alpha value is -3.93. The second kappa shape index (κ2) is 8.21. The predicted molar refractivity (Wildman–Crippen MR) is 114 cm³/mol. The van der Waals surface area contributed by atoms with E-state index in [2.05, 4.69) is 5.32 Å². The summed E-state index contributed by atoms with van der Waals surface area (Å²) >= 11 is 0. The number of aryl methyl sites for hydroxylation is 1. The standard InChI is InChI=1S/C24H20N2O4/c1-16-9-5-6-12-18(16)23(28)26-19-13-7-8-14-21(19)30-24(29)20(26)15-22(27)25-17-10-3-2-4-11-17/h2-14,20H,15H2,1H3,(H,25,27)/t20-/m1/s1. The van der Waals surface area contributed by atoms with Crippen molar-refractivity contribution in [3.63, 3.8) is 0 Å². The molecule has 0 saturated heterocycles. The predicted octanol–water partition coefficient (Wildman–Crippen LogP) is 3.96. The third-order valence-corrected chi connectivity index (χ3v) is 4.95. The van der Waals surface area contributed by atoms with Crippen molar-refractivity contribution < 1.29 is 19.1 Å². The average Bonchev–Trinajstić information content (AvgIpc) is 2.75. The van der Waals surface area contributed by atoms with E-state index in [1.807, 2.05) is 25.1 Å². The van der Waals surface area contributed by atoms with Gasteiger partial charge in [0.15, 0.2) is 5.75 Å². The molecule has 1 aliphatic heterocycles. The second-order valence-electron chi connectivity index (χ2n) is 7.01. The van der Waals surface area contributed by atoms with E-state index >= 15 is 0 Å². The molecule has 6 nitrogen and oxygen atoms in total. The fourth-order valence-electron chi connectivity index (χ4n) is 3.47. The van der Waals surface area contributed by atoms with Gasteiger partial charge in [-0.05, 0) is 42.8 Å². The van der Waals surface area contributed by atoms with Crippen molar-refractivity contribution in [2.75, 3.05) is 10.2 Å². The number of carbonyl (C=O) groups excluding carboxylic acids is 3. The summed E-state index contributed by atoms with van der Waals surface area (Å²) in [4.78, 5) is 40.3. The zero-order valence-electron chi connectivity index (χ0n) is 16.4. The van der Waals surface area contributed by atoms with Gasteiger partial charge in [-0.2, -0.15) is 0 Å². The molecule has 0 unspecified atom stereocenters. The largest absolute Gasteiger partial charge is 0.423 e. The van der Waals surface area contributed by atoms with Gasteiger partial charge in [-0.3, -0.25) is 14.5 Å². The first-order valence-electron chi connectivity index (χ1n) is 9.59. The molecule has 1 aliphatic rings. The van der Waals surface area contributed by atoms with Crippen molar-refractivity contribution >= 4 is 29.2 Å². The van der Waals surface area contributed by atoms with Crippen LogP contribution in [0.25, 0.3) is 0 Å². The molecule has 0 bridgehead atoms. The van der Waals surface area contributed by atoms with Crippen molar-refractivity contribution in [3.05, 3.63) is 90.0 Å². The van der Waals surface area contributed by atoms with Crippen LogP contribution in [-0.2, 0) is 9.59 Å². The van der Waals surface area contributed by atoms with Crippen LogP contribution >= 0.6 is 0 Å². The van der Waals surface area contributed by atoms with E-state index in [1.54, 1.807) is 60.7 Å². The molecule has 0 fully saturated rings. The van der Waals surface area contributed by atoms with Crippen LogP contribution in [0.4, 0.5) is 11.4 Å². The van der Waals surface area contributed by atoms with Crippen LogP contribution in [0.15, 0.2) is 78.9 Å². The Bertz CT molecular complexity index is 1110. The van der Waals surface area contributed by atoms with Gasteiger partial charge in [-0.1, -0.05) is 48.5 Å². The summed E-state index contributed by atoms with van der Waals surface area (Å²) in [5, 5.41) is 2.76. The maximum Gasteiger partial charge on any atom is 0.335 e. The Labute approximate surface area is 174 Å². The minimum Gasteiger partial charge on any atom is -0.423 e. The van der Waals surface area contributed by atoms with Gasteiger partial charge in [0.1, 0.15) is 6.04 Å². The van der Waals surface area contributed by atoms with Gasteiger partial charge in [0, 0.05) is 11.3 Å². The molecule has 1 atom stereocenters. The molecule has 1 N–H and O–H groups in total. The van der Waals surface area contributed by atoms with Crippen molar-refractivity contribution in [1.29, 1.82) is 0 Å². The van der Waals surface area contributed by atoms with Crippen molar-refractivity contribution in [3.8, 4) is 5.75 Å². The number of nitrogens with zero attached hydrogens (tertiary/aromatic N) is 1. The maximum absolute atomic E-state index is 13.5. The minimum atomic E-state index is -1.07. The van der Waals surface area contributed by atoms with Crippen LogP contribution in [0, 0.1) is 6.92 Å². The molecule has 1 heterocycles. The Balaban J connectivity index is 1.68.